The molecule has 1 heterocycles. The SMILES string of the molecule is O=C(Cc1c[nH]c2ccccc12)NNS(=O)(=O)c1cccc(Cl)c1. The van der Waals surface area contributed by atoms with Crippen LogP contribution in [0, 0.1) is 0 Å². The molecule has 0 spiro atoms. The van der Waals surface area contributed by atoms with Crippen LogP contribution in [-0.2, 0) is 21.2 Å². The Labute approximate surface area is 143 Å². The van der Waals surface area contributed by atoms with Crippen LogP contribution in [0.4, 0.5) is 0 Å². The van der Waals surface area contributed by atoms with Crippen LogP contribution in [0.1, 0.15) is 5.56 Å². The number of hydrogen-bond acceptors (Lipinski definition) is 3. The summed E-state index contributed by atoms with van der Waals surface area (Å²) < 4.78 is 24.2. The molecule has 0 saturated carbocycles. The minimum Gasteiger partial charge on any atom is -0.361 e. The van der Waals surface area contributed by atoms with Crippen molar-refractivity contribution in [2.75, 3.05) is 0 Å². The van der Waals surface area contributed by atoms with Gasteiger partial charge in [0, 0.05) is 22.1 Å². The van der Waals surface area contributed by atoms with Gasteiger partial charge in [-0.25, -0.2) is 8.42 Å². The van der Waals surface area contributed by atoms with Crippen LogP contribution >= 0.6 is 11.6 Å². The molecule has 6 nitrogen and oxygen atoms in total. The molecule has 0 aliphatic rings. The minimum atomic E-state index is -3.87. The fraction of sp³-hybridized carbons (Fsp3) is 0.0625. The van der Waals surface area contributed by atoms with Crippen LogP contribution in [0.5, 0.6) is 0 Å². The quantitative estimate of drug-likeness (QED) is 0.608. The van der Waals surface area contributed by atoms with Gasteiger partial charge in [-0.3, -0.25) is 10.2 Å². The number of rotatable bonds is 5. The van der Waals surface area contributed by atoms with Gasteiger partial charge in [0.15, 0.2) is 0 Å². The van der Waals surface area contributed by atoms with Gasteiger partial charge in [0.05, 0.1) is 11.3 Å². The molecule has 0 atom stereocenters. The Kier molecular flexibility index (Phi) is 4.57. The van der Waals surface area contributed by atoms with Crippen molar-refractivity contribution < 1.29 is 13.2 Å². The lowest BCUT2D eigenvalue weighted by Crippen LogP contribution is -2.42. The van der Waals surface area contributed by atoms with E-state index in [2.05, 4.69) is 15.2 Å². The first-order valence-corrected chi connectivity index (χ1v) is 8.93. The summed E-state index contributed by atoms with van der Waals surface area (Å²) in [6.07, 6.45) is 1.78. The van der Waals surface area contributed by atoms with E-state index in [4.69, 9.17) is 11.6 Å². The molecule has 0 fully saturated rings. The minimum absolute atomic E-state index is 0.0256. The highest BCUT2D eigenvalue weighted by Gasteiger charge is 2.16. The van der Waals surface area contributed by atoms with Gasteiger partial charge in [0.25, 0.3) is 10.0 Å². The molecule has 0 radical (unpaired) electrons. The zero-order valence-electron chi connectivity index (χ0n) is 12.4. The van der Waals surface area contributed by atoms with Crippen LogP contribution in [0.3, 0.4) is 0 Å². The Morgan fingerprint density at radius 1 is 1.12 bits per heavy atom. The Balaban J connectivity index is 1.67. The summed E-state index contributed by atoms with van der Waals surface area (Å²) in [5.41, 5.74) is 3.91. The summed E-state index contributed by atoms with van der Waals surface area (Å²) in [6.45, 7) is 0. The number of aromatic amines is 1. The van der Waals surface area contributed by atoms with Crippen molar-refractivity contribution in [2.45, 2.75) is 11.3 Å². The van der Waals surface area contributed by atoms with Crippen LogP contribution in [0.25, 0.3) is 10.9 Å². The number of aromatic nitrogens is 1. The van der Waals surface area contributed by atoms with Gasteiger partial charge < -0.3 is 4.98 Å². The molecule has 1 aromatic heterocycles. The maximum atomic E-state index is 12.1. The molecular formula is C16H14ClN3O3S. The smallest absolute Gasteiger partial charge is 0.257 e. The number of fused-ring (bicyclic) bond motifs is 1. The first-order valence-electron chi connectivity index (χ1n) is 7.07. The van der Waals surface area contributed by atoms with Crippen LogP contribution in [0.15, 0.2) is 59.6 Å². The number of benzene rings is 2. The van der Waals surface area contributed by atoms with E-state index in [1.165, 1.54) is 18.2 Å². The summed E-state index contributed by atoms with van der Waals surface area (Å²) in [5, 5.41) is 1.22. The largest absolute Gasteiger partial charge is 0.361 e. The third-order valence-corrected chi connectivity index (χ3v) is 4.94. The zero-order chi connectivity index (χ0) is 17.2. The van der Waals surface area contributed by atoms with E-state index >= 15 is 0 Å². The number of carbonyl (C=O) groups excluding carboxylic acids is 1. The molecule has 0 saturated heterocycles. The number of nitrogens with one attached hydrogen (secondary N) is 3. The first kappa shape index (κ1) is 16.5. The second-order valence-corrected chi connectivity index (χ2v) is 7.27. The summed E-state index contributed by atoms with van der Waals surface area (Å²) in [7, 11) is -3.87. The molecule has 3 aromatic rings. The summed E-state index contributed by atoms with van der Waals surface area (Å²) in [4.78, 5) is 17.1. The monoisotopic (exact) mass is 363 g/mol. The van der Waals surface area contributed by atoms with Gasteiger partial charge in [-0.15, -0.1) is 4.83 Å². The Morgan fingerprint density at radius 2 is 1.92 bits per heavy atom. The van der Waals surface area contributed by atoms with Gasteiger partial charge >= 0.3 is 0 Å². The molecule has 3 N–H and O–H groups in total. The van der Waals surface area contributed by atoms with Crippen molar-refractivity contribution in [1.29, 1.82) is 0 Å². The number of halogens is 1. The van der Waals surface area contributed by atoms with E-state index in [0.29, 0.717) is 5.02 Å². The molecule has 8 heteroatoms. The molecule has 0 aliphatic carbocycles. The molecule has 2 aromatic carbocycles. The van der Waals surface area contributed by atoms with Gasteiger partial charge in [0.1, 0.15) is 0 Å². The maximum Gasteiger partial charge on any atom is 0.257 e. The Bertz CT molecular complexity index is 998. The second-order valence-electron chi connectivity index (χ2n) is 5.15. The summed E-state index contributed by atoms with van der Waals surface area (Å²) in [6, 6.07) is 13.3. The molecule has 0 unspecified atom stereocenters. The van der Waals surface area contributed by atoms with Gasteiger partial charge in [-0.2, -0.15) is 0 Å². The van der Waals surface area contributed by atoms with Crippen molar-refractivity contribution in [3.63, 3.8) is 0 Å². The van der Waals surface area contributed by atoms with Crippen LogP contribution in [0.2, 0.25) is 5.02 Å². The number of hydrogen-bond donors (Lipinski definition) is 3. The fourth-order valence-corrected chi connectivity index (χ4v) is 3.47. The van der Waals surface area contributed by atoms with Crippen molar-refractivity contribution in [1.82, 2.24) is 15.2 Å². The number of para-hydroxylation sites is 1. The van der Waals surface area contributed by atoms with E-state index in [1.54, 1.807) is 12.3 Å². The van der Waals surface area contributed by atoms with E-state index in [9.17, 15) is 13.2 Å². The lowest BCUT2D eigenvalue weighted by Gasteiger charge is -2.08. The standard InChI is InChI=1S/C16H14ClN3O3S/c17-12-4-3-5-13(9-12)24(22,23)20-19-16(21)8-11-10-18-15-7-2-1-6-14(11)15/h1-7,9-10,18,20H,8H2,(H,19,21). The van der Waals surface area contributed by atoms with E-state index in [0.717, 1.165) is 16.5 Å². The molecule has 124 valence electrons. The first-order chi connectivity index (χ1) is 11.5. The highest BCUT2D eigenvalue weighted by molar-refractivity contribution is 7.89. The third kappa shape index (κ3) is 3.59. The summed E-state index contributed by atoms with van der Waals surface area (Å²) in [5.74, 6) is -0.467. The molecule has 3 rings (SSSR count). The molecule has 0 aliphatic heterocycles. The average Bonchev–Trinajstić information content (AvgIpc) is 2.96. The number of H-pyrrole nitrogens is 1. The fourth-order valence-electron chi connectivity index (χ4n) is 2.31. The number of hydrazine groups is 1. The average molecular weight is 364 g/mol. The van der Waals surface area contributed by atoms with Gasteiger partial charge in [-0.05, 0) is 29.8 Å². The summed E-state index contributed by atoms with van der Waals surface area (Å²) >= 11 is 5.78. The van der Waals surface area contributed by atoms with Crippen molar-refractivity contribution in [3.8, 4) is 0 Å². The van der Waals surface area contributed by atoms with Crippen molar-refractivity contribution in [3.05, 3.63) is 65.3 Å². The third-order valence-electron chi connectivity index (χ3n) is 3.46. The normalized spacial score (nSPS) is 11.5. The number of sulfonamides is 1. The topological polar surface area (TPSA) is 91.1 Å². The molecule has 1 amide bonds. The predicted molar refractivity (Wildman–Crippen MR) is 91.9 cm³/mol. The lowest BCUT2D eigenvalue weighted by atomic mass is 10.1. The van der Waals surface area contributed by atoms with E-state index in [1.807, 2.05) is 24.3 Å². The maximum absolute atomic E-state index is 12.1. The van der Waals surface area contributed by atoms with Gasteiger partial charge in [0.2, 0.25) is 5.91 Å². The second kappa shape index (κ2) is 6.64. The Morgan fingerprint density at radius 3 is 2.71 bits per heavy atom. The van der Waals surface area contributed by atoms with E-state index in [-0.39, 0.29) is 11.3 Å². The van der Waals surface area contributed by atoms with Crippen LogP contribution < -0.4 is 10.3 Å². The highest BCUT2D eigenvalue weighted by atomic mass is 35.5. The Hall–Kier alpha value is -2.35. The molecule has 0 bridgehead atoms. The van der Waals surface area contributed by atoms with Gasteiger partial charge in [-0.1, -0.05) is 35.9 Å². The van der Waals surface area contributed by atoms with Crippen molar-refractivity contribution in [2.24, 2.45) is 0 Å². The van der Waals surface area contributed by atoms with Crippen molar-refractivity contribution >= 4 is 38.4 Å². The van der Waals surface area contributed by atoms with Crippen LogP contribution in [-0.4, -0.2) is 19.3 Å². The number of carbonyl (C=O) groups is 1. The molecule has 24 heavy (non-hydrogen) atoms. The highest BCUT2D eigenvalue weighted by Crippen LogP contribution is 2.18. The number of amides is 1. The lowest BCUT2D eigenvalue weighted by molar-refractivity contribution is -0.120. The predicted octanol–water partition coefficient (Wildman–Crippen LogP) is 2.37. The van der Waals surface area contributed by atoms with E-state index < -0.39 is 15.9 Å². The zero-order valence-corrected chi connectivity index (χ0v) is 14.0. The molecular weight excluding hydrogens is 350 g/mol.